The summed E-state index contributed by atoms with van der Waals surface area (Å²) >= 11 is 0. The molecule has 2 atom stereocenters. The van der Waals surface area contributed by atoms with E-state index in [0.29, 0.717) is 13.0 Å². The molecule has 2 aromatic rings. The smallest absolute Gasteiger partial charge is 0.330 e. The molecule has 0 bridgehead atoms. The van der Waals surface area contributed by atoms with Crippen LogP contribution in [0.25, 0.3) is 11.2 Å². The van der Waals surface area contributed by atoms with Crippen LogP contribution in [-0.4, -0.2) is 31.8 Å². The van der Waals surface area contributed by atoms with Gasteiger partial charge in [-0.05, 0) is 55.1 Å². The minimum atomic E-state index is -0.0232. The van der Waals surface area contributed by atoms with Crippen molar-refractivity contribution in [1.82, 2.24) is 19.4 Å². The van der Waals surface area contributed by atoms with Crippen LogP contribution in [0.2, 0.25) is 0 Å². The number of hydrogen-bond donors (Lipinski definition) is 1. The lowest BCUT2D eigenvalue weighted by Crippen LogP contribution is -2.48. The minimum absolute atomic E-state index is 0.00333. The molecular formula is C27H39N5O2. The lowest BCUT2D eigenvalue weighted by Gasteiger charge is -2.42. The van der Waals surface area contributed by atoms with E-state index in [9.17, 15) is 9.59 Å². The second kappa shape index (κ2) is 9.16. The number of aliphatic imine (C=N–C) groups is 1. The zero-order valence-electron chi connectivity index (χ0n) is 21.5. The second-order valence-corrected chi connectivity index (χ2v) is 11.9. The number of carbonyl (C=O) groups is 1. The molecule has 184 valence electrons. The Morgan fingerprint density at radius 3 is 2.71 bits per heavy atom. The molecule has 7 nitrogen and oxygen atoms in total. The van der Waals surface area contributed by atoms with E-state index < -0.39 is 0 Å². The average Bonchev–Trinajstić information content (AvgIpc) is 2.99. The van der Waals surface area contributed by atoms with Gasteiger partial charge in [0.05, 0.1) is 11.9 Å². The highest BCUT2D eigenvalue weighted by atomic mass is 16.2. The molecule has 0 spiro atoms. The van der Waals surface area contributed by atoms with Gasteiger partial charge in [0.15, 0.2) is 5.65 Å². The van der Waals surface area contributed by atoms with Gasteiger partial charge in [-0.2, -0.15) is 0 Å². The van der Waals surface area contributed by atoms with Crippen molar-refractivity contribution in [2.45, 2.75) is 91.6 Å². The fourth-order valence-corrected chi connectivity index (χ4v) is 5.22. The molecule has 4 rings (SSSR count). The molecule has 2 unspecified atom stereocenters. The van der Waals surface area contributed by atoms with E-state index in [-0.39, 0.29) is 34.4 Å². The third kappa shape index (κ3) is 5.18. The van der Waals surface area contributed by atoms with E-state index in [1.807, 2.05) is 16.7 Å². The number of hydrogen-bond acceptors (Lipinski definition) is 4. The van der Waals surface area contributed by atoms with Crippen LogP contribution >= 0.6 is 0 Å². The number of imidazole rings is 1. The number of pyridine rings is 1. The summed E-state index contributed by atoms with van der Waals surface area (Å²) in [6.07, 6.45) is 8.90. The van der Waals surface area contributed by atoms with Gasteiger partial charge in [0.25, 0.3) is 0 Å². The molecule has 1 amide bonds. The SMILES string of the molecule is Cn1c(=O)n(CC(C)(C)C)c2ccc(C3CCC(C)(C)C(NC(=O)CC4=NC=CCC4)C3)nc21. The quantitative estimate of drug-likeness (QED) is 0.695. The molecule has 0 radical (unpaired) electrons. The van der Waals surface area contributed by atoms with Crippen LogP contribution in [0.5, 0.6) is 0 Å². The van der Waals surface area contributed by atoms with E-state index >= 15 is 0 Å². The van der Waals surface area contributed by atoms with E-state index in [0.717, 1.165) is 54.7 Å². The van der Waals surface area contributed by atoms with Crippen molar-refractivity contribution in [1.29, 1.82) is 0 Å². The van der Waals surface area contributed by atoms with Crippen LogP contribution < -0.4 is 11.0 Å². The summed E-state index contributed by atoms with van der Waals surface area (Å²) in [5, 5.41) is 3.31. The Kier molecular flexibility index (Phi) is 6.58. The van der Waals surface area contributed by atoms with Gasteiger partial charge in [-0.3, -0.25) is 18.9 Å². The zero-order chi connectivity index (χ0) is 24.7. The number of amides is 1. The highest BCUT2D eigenvalue weighted by Gasteiger charge is 2.38. The number of nitrogens with zero attached hydrogens (tertiary/aromatic N) is 4. The first-order valence-corrected chi connectivity index (χ1v) is 12.5. The van der Waals surface area contributed by atoms with Gasteiger partial charge in [0.1, 0.15) is 0 Å². The number of rotatable bonds is 5. The molecule has 2 aliphatic rings. The van der Waals surface area contributed by atoms with E-state index in [2.05, 4.69) is 51.0 Å². The fourth-order valence-electron chi connectivity index (χ4n) is 5.22. The monoisotopic (exact) mass is 465 g/mol. The Bertz CT molecular complexity index is 1190. The van der Waals surface area contributed by atoms with Crippen LogP contribution in [0, 0.1) is 10.8 Å². The van der Waals surface area contributed by atoms with Crippen molar-refractivity contribution >= 4 is 22.8 Å². The summed E-state index contributed by atoms with van der Waals surface area (Å²) in [5.74, 6) is 0.302. The largest absolute Gasteiger partial charge is 0.352 e. The molecule has 3 heterocycles. The maximum absolute atomic E-state index is 12.9. The van der Waals surface area contributed by atoms with Crippen molar-refractivity contribution in [3.8, 4) is 0 Å². The summed E-state index contributed by atoms with van der Waals surface area (Å²) in [7, 11) is 1.80. The van der Waals surface area contributed by atoms with Crippen molar-refractivity contribution in [2.24, 2.45) is 22.9 Å². The van der Waals surface area contributed by atoms with Crippen LogP contribution in [0.3, 0.4) is 0 Å². The van der Waals surface area contributed by atoms with Gasteiger partial charge in [-0.25, -0.2) is 9.78 Å². The summed E-state index contributed by atoms with van der Waals surface area (Å²) in [5.41, 5.74) is 3.58. The first kappa shape index (κ1) is 24.4. The number of allylic oxidation sites excluding steroid dienone is 1. The number of nitrogens with one attached hydrogen (secondary N) is 1. The van der Waals surface area contributed by atoms with Crippen molar-refractivity contribution in [2.75, 3.05) is 0 Å². The first-order valence-electron chi connectivity index (χ1n) is 12.5. The maximum atomic E-state index is 12.9. The first-order chi connectivity index (χ1) is 15.9. The Balaban J connectivity index is 1.54. The molecule has 7 heteroatoms. The Morgan fingerprint density at radius 1 is 1.26 bits per heavy atom. The predicted octanol–water partition coefficient (Wildman–Crippen LogP) is 4.70. The van der Waals surface area contributed by atoms with Crippen molar-refractivity contribution in [3.63, 3.8) is 0 Å². The van der Waals surface area contributed by atoms with Crippen LogP contribution in [0.4, 0.5) is 0 Å². The second-order valence-electron chi connectivity index (χ2n) is 11.9. The average molecular weight is 466 g/mol. The highest BCUT2D eigenvalue weighted by Crippen LogP contribution is 2.42. The predicted molar refractivity (Wildman–Crippen MR) is 137 cm³/mol. The van der Waals surface area contributed by atoms with Crippen LogP contribution in [0.1, 0.15) is 84.8 Å². The molecule has 1 aliphatic heterocycles. The molecule has 0 saturated heterocycles. The van der Waals surface area contributed by atoms with Crippen LogP contribution in [0.15, 0.2) is 34.2 Å². The Morgan fingerprint density at radius 2 is 2.03 bits per heavy atom. The molecule has 2 aromatic heterocycles. The number of fused-ring (bicyclic) bond motifs is 1. The zero-order valence-corrected chi connectivity index (χ0v) is 21.5. The highest BCUT2D eigenvalue weighted by molar-refractivity contribution is 6.01. The summed E-state index contributed by atoms with van der Waals surface area (Å²) < 4.78 is 3.50. The van der Waals surface area contributed by atoms with Gasteiger partial charge < -0.3 is 5.32 Å². The van der Waals surface area contributed by atoms with Gasteiger partial charge in [-0.1, -0.05) is 40.7 Å². The Hall–Kier alpha value is -2.70. The Labute approximate surface area is 202 Å². The third-order valence-electron chi connectivity index (χ3n) is 7.32. The van der Waals surface area contributed by atoms with E-state index in [4.69, 9.17) is 4.98 Å². The molecule has 0 aromatic carbocycles. The molecule has 1 fully saturated rings. The maximum Gasteiger partial charge on any atom is 0.330 e. The van der Waals surface area contributed by atoms with E-state index in [1.54, 1.807) is 17.8 Å². The standard InChI is InChI=1S/C27H39N5O2/c1-26(2,3)17-32-21-11-10-20(29-24(21)31(6)25(32)34)18-12-13-27(4,5)22(15-18)30-23(33)16-19-9-7-8-14-28-19/h8,10-11,14,18,22H,7,9,12-13,15-17H2,1-6H3,(H,30,33). The van der Waals surface area contributed by atoms with Gasteiger partial charge in [0, 0.05) is 43.2 Å². The number of aryl methyl sites for hydroxylation is 1. The van der Waals surface area contributed by atoms with Gasteiger partial charge in [0.2, 0.25) is 5.91 Å². The molecule has 34 heavy (non-hydrogen) atoms. The fraction of sp³-hybridized carbons (Fsp3) is 0.630. The topological polar surface area (TPSA) is 81.3 Å². The summed E-state index contributed by atoms with van der Waals surface area (Å²) in [6.45, 7) is 11.5. The molecular weight excluding hydrogens is 426 g/mol. The lowest BCUT2D eigenvalue weighted by molar-refractivity contribution is -0.121. The molecule has 1 saturated carbocycles. The minimum Gasteiger partial charge on any atom is -0.352 e. The number of carbonyl (C=O) groups excluding carboxylic acids is 1. The third-order valence-corrected chi connectivity index (χ3v) is 7.32. The van der Waals surface area contributed by atoms with E-state index in [1.165, 1.54) is 0 Å². The van der Waals surface area contributed by atoms with Gasteiger partial charge in [-0.15, -0.1) is 0 Å². The van der Waals surface area contributed by atoms with Crippen LogP contribution in [-0.2, 0) is 18.4 Å². The van der Waals surface area contributed by atoms with Crippen molar-refractivity contribution in [3.05, 3.63) is 40.6 Å². The van der Waals surface area contributed by atoms with Crippen molar-refractivity contribution < 1.29 is 4.79 Å². The summed E-state index contributed by atoms with van der Waals surface area (Å²) in [4.78, 5) is 35.0. The molecule has 1 N–H and O–H groups in total. The number of aromatic nitrogens is 3. The van der Waals surface area contributed by atoms with Gasteiger partial charge >= 0.3 is 5.69 Å². The summed E-state index contributed by atoms with van der Waals surface area (Å²) in [6, 6.07) is 4.20. The normalized spacial score (nSPS) is 22.6. The molecule has 1 aliphatic carbocycles. The lowest BCUT2D eigenvalue weighted by atomic mass is 9.68.